The lowest BCUT2D eigenvalue weighted by atomic mass is 10.0. The maximum Gasteiger partial charge on any atom is 0.328 e. The van der Waals surface area contributed by atoms with Gasteiger partial charge < -0.3 is 90.0 Å². The first-order chi connectivity index (χ1) is 35.4. The number of carboxylic acids is 1. The lowest BCUT2D eigenvalue weighted by Gasteiger charge is -2.30. The maximum absolute atomic E-state index is 14.0. The molecule has 0 aliphatic carbocycles. The molecule has 0 unspecified atom stereocenters. The van der Waals surface area contributed by atoms with Crippen molar-refractivity contribution in [2.75, 3.05) is 19.7 Å². The van der Waals surface area contributed by atoms with E-state index in [9.17, 15) is 78.6 Å². The van der Waals surface area contributed by atoms with Crippen LogP contribution in [0.25, 0.3) is 0 Å². The highest BCUT2D eigenvalue weighted by molar-refractivity contribution is 5.98. The van der Waals surface area contributed by atoms with Crippen molar-refractivity contribution in [2.24, 2.45) is 17.2 Å². The van der Waals surface area contributed by atoms with E-state index in [1.54, 1.807) is 0 Å². The Hall–Kier alpha value is -7.46. The van der Waals surface area contributed by atoms with E-state index in [-0.39, 0.29) is 63.1 Å². The minimum atomic E-state index is -1.84. The summed E-state index contributed by atoms with van der Waals surface area (Å²) in [7, 11) is 0. The highest BCUT2D eigenvalue weighted by atomic mass is 16.4. The summed E-state index contributed by atoms with van der Waals surface area (Å²) in [4.78, 5) is 133. The summed E-state index contributed by atoms with van der Waals surface area (Å²) >= 11 is 0. The molecular formula is C48H71N11O16. The van der Waals surface area contributed by atoms with Crippen molar-refractivity contribution >= 4 is 59.1 Å². The Labute approximate surface area is 432 Å². The van der Waals surface area contributed by atoms with Gasteiger partial charge in [0, 0.05) is 25.8 Å². The van der Waals surface area contributed by atoms with Crippen LogP contribution in [0.3, 0.4) is 0 Å². The molecule has 1 aliphatic heterocycles. The average molecular weight is 1060 g/mol. The van der Waals surface area contributed by atoms with Crippen molar-refractivity contribution in [3.63, 3.8) is 0 Å². The van der Waals surface area contributed by atoms with E-state index >= 15 is 0 Å². The van der Waals surface area contributed by atoms with E-state index in [1.807, 2.05) is 0 Å². The van der Waals surface area contributed by atoms with Crippen LogP contribution in [0.2, 0.25) is 0 Å². The number of likely N-dealkylation sites (tertiary alicyclic amines) is 1. The zero-order chi connectivity index (χ0) is 56.1. The number of primary amides is 1. The van der Waals surface area contributed by atoms with Crippen molar-refractivity contribution in [3.8, 4) is 11.5 Å². The lowest BCUT2D eigenvalue weighted by molar-refractivity contribution is -0.145. The second-order valence-electron chi connectivity index (χ2n) is 18.3. The van der Waals surface area contributed by atoms with Crippen LogP contribution in [-0.4, -0.2) is 181 Å². The minimum Gasteiger partial charge on any atom is -0.508 e. The summed E-state index contributed by atoms with van der Waals surface area (Å²) in [5.41, 5.74) is 17.6. The number of hydrogen-bond donors (Lipinski definition) is 16. The van der Waals surface area contributed by atoms with Crippen molar-refractivity contribution in [3.05, 3.63) is 59.7 Å². The van der Waals surface area contributed by atoms with Crippen molar-refractivity contribution in [1.82, 2.24) is 42.1 Å². The normalized spacial score (nSPS) is 17.2. The van der Waals surface area contributed by atoms with Crippen LogP contribution < -0.4 is 54.4 Å². The largest absolute Gasteiger partial charge is 0.508 e. The van der Waals surface area contributed by atoms with Crippen molar-refractivity contribution in [1.29, 1.82) is 0 Å². The molecular weight excluding hydrogens is 987 g/mol. The first kappa shape index (κ1) is 61.8. The number of benzene rings is 2. The molecule has 414 valence electrons. The Kier molecular flexibility index (Phi) is 24.8. The fraction of sp³-hybridized carbons (Fsp3) is 0.542. The molecule has 11 atom stereocenters. The number of phenols is 2. The maximum atomic E-state index is 14.0. The fourth-order valence-electron chi connectivity index (χ4n) is 7.85. The number of unbranched alkanes of at least 4 members (excludes halogenated alkanes) is 1. The molecule has 3 rings (SSSR count). The number of aliphatic carboxylic acids is 1. The van der Waals surface area contributed by atoms with Gasteiger partial charge in [0.25, 0.3) is 0 Å². The highest BCUT2D eigenvalue weighted by Gasteiger charge is 2.40. The monoisotopic (exact) mass is 1060 g/mol. The summed E-state index contributed by atoms with van der Waals surface area (Å²) in [5.74, 6) is -9.99. The Bertz CT molecular complexity index is 2300. The third-order valence-corrected chi connectivity index (χ3v) is 12.1. The van der Waals surface area contributed by atoms with Crippen LogP contribution in [0, 0.1) is 0 Å². The number of nitrogens with one attached hydrogen (secondary N) is 7. The van der Waals surface area contributed by atoms with Gasteiger partial charge in [-0.05, 0) is 101 Å². The minimum absolute atomic E-state index is 0.0232. The molecule has 27 nitrogen and oxygen atoms in total. The predicted octanol–water partition coefficient (Wildman–Crippen LogP) is -5.15. The molecule has 1 fully saturated rings. The third-order valence-electron chi connectivity index (χ3n) is 12.1. The van der Waals surface area contributed by atoms with E-state index in [2.05, 4.69) is 37.2 Å². The molecule has 9 amide bonds. The number of aliphatic hydroxyl groups is 3. The van der Waals surface area contributed by atoms with Gasteiger partial charge in [0.15, 0.2) is 6.04 Å². The quantitative estimate of drug-likeness (QED) is 0.0325. The molecule has 0 bridgehead atoms. The number of nitrogens with two attached hydrogens (primary N) is 3. The lowest BCUT2D eigenvalue weighted by Crippen LogP contribution is -2.62. The van der Waals surface area contributed by atoms with Gasteiger partial charge in [0.2, 0.25) is 53.2 Å². The number of hydrogen-bond acceptors (Lipinski definition) is 17. The van der Waals surface area contributed by atoms with Gasteiger partial charge in [0.1, 0.15) is 53.8 Å². The summed E-state index contributed by atoms with van der Waals surface area (Å²) in [6.45, 7) is 2.76. The van der Waals surface area contributed by atoms with Crippen LogP contribution in [0.5, 0.6) is 11.5 Å². The van der Waals surface area contributed by atoms with Crippen LogP contribution in [-0.2, 0) is 60.8 Å². The summed E-state index contributed by atoms with van der Waals surface area (Å²) in [6.07, 6.45) is -2.71. The number of carbonyl (C=O) groups excluding carboxylic acids is 9. The highest BCUT2D eigenvalue weighted by Crippen LogP contribution is 2.20. The summed E-state index contributed by atoms with van der Waals surface area (Å²) < 4.78 is 0. The molecule has 0 spiro atoms. The second kappa shape index (κ2) is 30.0. The molecule has 0 radical (unpaired) electrons. The van der Waals surface area contributed by atoms with Gasteiger partial charge in [-0.25, -0.2) is 4.79 Å². The molecule has 2 aromatic carbocycles. The Balaban J connectivity index is 1.76. The molecule has 1 aliphatic rings. The number of phenolic OH excluding ortho intramolecular Hbond substituents is 2. The number of rotatable bonds is 30. The van der Waals surface area contributed by atoms with E-state index in [0.29, 0.717) is 30.4 Å². The van der Waals surface area contributed by atoms with Gasteiger partial charge in [-0.3, -0.25) is 43.2 Å². The zero-order valence-corrected chi connectivity index (χ0v) is 41.9. The molecule has 1 heterocycles. The first-order valence-corrected chi connectivity index (χ1v) is 24.3. The van der Waals surface area contributed by atoms with Crippen LogP contribution in [0.1, 0.15) is 76.8 Å². The van der Waals surface area contributed by atoms with Gasteiger partial charge in [-0.2, -0.15) is 0 Å². The molecule has 2 aromatic rings. The summed E-state index contributed by atoms with van der Waals surface area (Å²) in [5, 5.41) is 76.8. The Morgan fingerprint density at radius 3 is 1.60 bits per heavy atom. The van der Waals surface area contributed by atoms with E-state index in [0.717, 1.165) is 18.7 Å². The smallest absolute Gasteiger partial charge is 0.328 e. The van der Waals surface area contributed by atoms with Gasteiger partial charge in [-0.1, -0.05) is 24.3 Å². The molecule has 0 aromatic heterocycles. The summed E-state index contributed by atoms with van der Waals surface area (Å²) in [6, 6.07) is -2.27. The van der Waals surface area contributed by atoms with E-state index in [1.165, 1.54) is 55.5 Å². The molecule has 75 heavy (non-hydrogen) atoms. The number of carbonyl (C=O) groups is 10. The van der Waals surface area contributed by atoms with Crippen LogP contribution in [0.15, 0.2) is 48.5 Å². The topological polar surface area (TPSA) is 458 Å². The fourth-order valence-corrected chi connectivity index (χ4v) is 7.85. The number of aliphatic hydroxyl groups excluding tert-OH is 3. The Morgan fingerprint density at radius 1 is 0.627 bits per heavy atom. The SMILES string of the molecule is C[C@H](NC(=O)[C@H](CO)NC(=O)[C@@H](NC(=O)[C@H](Cc1ccc(O)cc1)NC(=O)[C@H](CCCCN)NC(=O)[C@@H](N)CCC(N)=O)[C@@H](C)O)C(=O)N1CCC[C@H]1C(=O)N[C@@H](Cc1ccc(O)cc1)C(=O)N[C@H](C(=O)O)[C@@H](C)O. The van der Waals surface area contributed by atoms with E-state index in [4.69, 9.17) is 17.2 Å². The van der Waals surface area contributed by atoms with Crippen molar-refractivity contribution in [2.45, 2.75) is 145 Å². The molecule has 0 saturated carbocycles. The molecule has 27 heteroatoms. The average Bonchev–Trinajstić information content (AvgIpc) is 3.86. The van der Waals surface area contributed by atoms with Gasteiger partial charge >= 0.3 is 5.97 Å². The number of aromatic hydroxyl groups is 2. The second-order valence-corrected chi connectivity index (χ2v) is 18.3. The van der Waals surface area contributed by atoms with Crippen molar-refractivity contribution < 1.29 is 78.6 Å². The van der Waals surface area contributed by atoms with Gasteiger partial charge in [0.05, 0.1) is 24.9 Å². The zero-order valence-electron chi connectivity index (χ0n) is 41.9. The van der Waals surface area contributed by atoms with Crippen LogP contribution in [0.4, 0.5) is 0 Å². The molecule has 1 saturated heterocycles. The van der Waals surface area contributed by atoms with Crippen LogP contribution >= 0.6 is 0 Å². The molecule has 19 N–H and O–H groups in total. The number of amides is 9. The van der Waals surface area contributed by atoms with Gasteiger partial charge in [-0.15, -0.1) is 0 Å². The standard InChI is InChI=1S/C48H71N11O16/c1-24(47(73)59-20-6-8-36(59)45(71)55-34(22-28-11-15-30(64)16-12-28)43(69)58-39(26(3)62)48(74)75)52-44(70)35(23-60)56-46(72)38(25(2)61)57-42(68)33(21-27-9-13-29(63)14-10-27)54-41(67)32(7-4-5-19-49)53-40(66)31(50)17-18-37(51)65/h9-16,24-26,31-36,38-39,60-64H,4-8,17-23,49-50H2,1-3H3,(H2,51,65)(H,52,70)(H,53,66)(H,54,67)(H,55,71)(H,56,72)(H,57,68)(H,58,69)(H,74,75)/t24-,25+,26+,31-,32-,33-,34-,35-,36-,38-,39-/m0/s1. The number of nitrogens with zero attached hydrogens (tertiary/aromatic N) is 1. The Morgan fingerprint density at radius 2 is 1.11 bits per heavy atom. The van der Waals surface area contributed by atoms with E-state index < -0.39 is 132 Å². The predicted molar refractivity (Wildman–Crippen MR) is 265 cm³/mol. The third kappa shape index (κ3) is 19.7. The first-order valence-electron chi connectivity index (χ1n) is 24.3. The number of carboxylic acid groups (broad SMARTS) is 1.